The number of morpholine rings is 1. The maximum absolute atomic E-state index is 11.8. The van der Waals surface area contributed by atoms with Crippen molar-refractivity contribution in [3.8, 4) is 0 Å². The van der Waals surface area contributed by atoms with Crippen LogP contribution in [0.15, 0.2) is 0 Å². The molecule has 0 spiro atoms. The Hall–Kier alpha value is -0.260. The molecule has 1 saturated heterocycles. The van der Waals surface area contributed by atoms with Gasteiger partial charge in [0.1, 0.15) is 6.04 Å². The lowest BCUT2D eigenvalue weighted by molar-refractivity contribution is -0.129. The molecule has 0 aromatic heterocycles. The number of rotatable bonds is 4. The van der Waals surface area contributed by atoms with Gasteiger partial charge in [-0.3, -0.25) is 4.79 Å². The summed E-state index contributed by atoms with van der Waals surface area (Å²) in [4.78, 5) is 11.8. The molecule has 0 radical (unpaired) electrons. The van der Waals surface area contributed by atoms with Crippen molar-refractivity contribution in [2.75, 3.05) is 25.2 Å². The van der Waals surface area contributed by atoms with E-state index in [-0.39, 0.29) is 24.1 Å². The van der Waals surface area contributed by atoms with Crippen LogP contribution < -0.4 is 10.6 Å². The summed E-state index contributed by atoms with van der Waals surface area (Å²) in [6.45, 7) is 5.38. The van der Waals surface area contributed by atoms with E-state index in [1.54, 1.807) is 11.8 Å². The zero-order valence-corrected chi connectivity index (χ0v) is 10.4. The third-order valence-electron chi connectivity index (χ3n) is 2.40. The molecule has 1 fully saturated rings. The Kier molecular flexibility index (Phi) is 5.42. The lowest BCUT2D eigenvalue weighted by atomic mass is 10.1. The maximum Gasteiger partial charge on any atom is 0.240 e. The van der Waals surface area contributed by atoms with Gasteiger partial charge >= 0.3 is 0 Å². The van der Waals surface area contributed by atoms with Crippen LogP contribution in [0, 0.1) is 0 Å². The van der Waals surface area contributed by atoms with Gasteiger partial charge in [-0.05, 0) is 20.1 Å². The number of hydrogen-bond acceptors (Lipinski definition) is 4. The highest BCUT2D eigenvalue weighted by molar-refractivity contribution is 7.98. The highest BCUT2D eigenvalue weighted by Gasteiger charge is 2.28. The number of amides is 1. The molecule has 1 aliphatic rings. The molecule has 1 heterocycles. The topological polar surface area (TPSA) is 50.4 Å². The van der Waals surface area contributed by atoms with E-state index in [0.29, 0.717) is 6.61 Å². The van der Waals surface area contributed by atoms with Crippen LogP contribution in [-0.2, 0) is 9.53 Å². The summed E-state index contributed by atoms with van der Waals surface area (Å²) in [5.41, 5.74) is 0. The quantitative estimate of drug-likeness (QED) is 0.728. The summed E-state index contributed by atoms with van der Waals surface area (Å²) in [6, 6.07) is 0.00600. The second-order valence-electron chi connectivity index (χ2n) is 3.87. The van der Waals surface area contributed by atoms with Crippen LogP contribution in [0.1, 0.15) is 13.8 Å². The fourth-order valence-corrected chi connectivity index (χ4v) is 2.23. The van der Waals surface area contributed by atoms with Crippen LogP contribution in [0.4, 0.5) is 0 Å². The number of nitrogens with one attached hydrogen (secondary N) is 2. The molecule has 0 aromatic rings. The molecule has 0 aliphatic carbocycles. The molecule has 4 nitrogen and oxygen atoms in total. The van der Waals surface area contributed by atoms with Crippen molar-refractivity contribution in [2.24, 2.45) is 0 Å². The zero-order valence-electron chi connectivity index (χ0n) is 9.58. The van der Waals surface area contributed by atoms with Gasteiger partial charge in [-0.25, -0.2) is 0 Å². The predicted octanol–water partition coefficient (Wildman–Crippen LogP) is 0.231. The Balaban J connectivity index is 2.37. The van der Waals surface area contributed by atoms with E-state index in [4.69, 9.17) is 4.74 Å². The standard InChI is InChI=1S/C10H20N2O2S/c1-7(6-15-3)12-10(13)9-8(2)14-5-4-11-9/h7-9,11H,4-6H2,1-3H3,(H,12,13)/t7?,8-,9+/m1/s1. The Morgan fingerprint density at radius 2 is 2.47 bits per heavy atom. The Bertz CT molecular complexity index is 214. The predicted molar refractivity (Wildman–Crippen MR) is 63.2 cm³/mol. The van der Waals surface area contributed by atoms with Gasteiger partial charge in [0, 0.05) is 18.3 Å². The number of carbonyl (C=O) groups excluding carboxylic acids is 1. The number of carbonyl (C=O) groups is 1. The molecule has 0 bridgehead atoms. The Labute approximate surface area is 95.5 Å². The second kappa shape index (κ2) is 6.35. The molecule has 2 N–H and O–H groups in total. The molecule has 0 aromatic carbocycles. The third-order valence-corrected chi connectivity index (χ3v) is 3.24. The molecule has 0 saturated carbocycles. The summed E-state index contributed by atoms with van der Waals surface area (Å²) in [6.07, 6.45) is 1.99. The van der Waals surface area contributed by atoms with Crippen LogP contribution in [0.2, 0.25) is 0 Å². The molecule has 1 aliphatic heterocycles. The van der Waals surface area contributed by atoms with Crippen LogP contribution in [-0.4, -0.2) is 49.3 Å². The van der Waals surface area contributed by atoms with E-state index >= 15 is 0 Å². The molecule has 88 valence electrons. The minimum absolute atomic E-state index is 0.0415. The first-order chi connectivity index (χ1) is 7.15. The van der Waals surface area contributed by atoms with Crippen molar-refractivity contribution in [1.29, 1.82) is 0 Å². The first kappa shape index (κ1) is 12.8. The second-order valence-corrected chi connectivity index (χ2v) is 4.78. The van der Waals surface area contributed by atoms with Crippen LogP contribution in [0.3, 0.4) is 0 Å². The van der Waals surface area contributed by atoms with Gasteiger partial charge in [-0.2, -0.15) is 11.8 Å². The largest absolute Gasteiger partial charge is 0.375 e. The van der Waals surface area contributed by atoms with Gasteiger partial charge in [0.05, 0.1) is 12.7 Å². The summed E-state index contributed by atoms with van der Waals surface area (Å²) in [7, 11) is 0. The zero-order chi connectivity index (χ0) is 11.3. The lowest BCUT2D eigenvalue weighted by Gasteiger charge is -2.30. The molecule has 1 unspecified atom stereocenters. The van der Waals surface area contributed by atoms with E-state index < -0.39 is 0 Å². The number of hydrogen-bond donors (Lipinski definition) is 2. The van der Waals surface area contributed by atoms with Crippen molar-refractivity contribution in [3.05, 3.63) is 0 Å². The number of ether oxygens (including phenoxy) is 1. The van der Waals surface area contributed by atoms with Gasteiger partial charge in [-0.1, -0.05) is 0 Å². The molecular weight excluding hydrogens is 212 g/mol. The highest BCUT2D eigenvalue weighted by atomic mass is 32.2. The fraction of sp³-hybridized carbons (Fsp3) is 0.900. The maximum atomic E-state index is 11.8. The first-order valence-electron chi connectivity index (χ1n) is 5.29. The van der Waals surface area contributed by atoms with Crippen molar-refractivity contribution in [2.45, 2.75) is 32.0 Å². The van der Waals surface area contributed by atoms with E-state index in [1.165, 1.54) is 0 Å². The average Bonchev–Trinajstić information content (AvgIpc) is 2.18. The van der Waals surface area contributed by atoms with Gasteiger partial charge in [0.15, 0.2) is 0 Å². The smallest absolute Gasteiger partial charge is 0.240 e. The summed E-state index contributed by atoms with van der Waals surface area (Å²) in [5, 5.41) is 6.15. The van der Waals surface area contributed by atoms with Crippen LogP contribution in [0.5, 0.6) is 0 Å². The molecule has 15 heavy (non-hydrogen) atoms. The highest BCUT2D eigenvalue weighted by Crippen LogP contribution is 2.05. The van der Waals surface area contributed by atoms with E-state index in [0.717, 1.165) is 12.3 Å². The molecule has 1 rings (SSSR count). The van der Waals surface area contributed by atoms with Gasteiger partial charge in [-0.15, -0.1) is 0 Å². The summed E-state index contributed by atoms with van der Waals surface area (Å²) >= 11 is 1.73. The lowest BCUT2D eigenvalue weighted by Crippen LogP contribution is -2.56. The van der Waals surface area contributed by atoms with E-state index in [9.17, 15) is 4.79 Å². The monoisotopic (exact) mass is 232 g/mol. The van der Waals surface area contributed by atoms with Crippen molar-refractivity contribution in [1.82, 2.24) is 10.6 Å². The van der Waals surface area contributed by atoms with E-state index in [2.05, 4.69) is 10.6 Å². The molecular formula is C10H20N2O2S. The van der Waals surface area contributed by atoms with Crippen molar-refractivity contribution < 1.29 is 9.53 Å². The summed E-state index contributed by atoms with van der Waals surface area (Å²) < 4.78 is 5.42. The Morgan fingerprint density at radius 3 is 3.07 bits per heavy atom. The van der Waals surface area contributed by atoms with Gasteiger partial charge in [0.2, 0.25) is 5.91 Å². The van der Waals surface area contributed by atoms with E-state index in [1.807, 2.05) is 20.1 Å². The minimum atomic E-state index is -0.206. The van der Waals surface area contributed by atoms with Crippen LogP contribution in [0.25, 0.3) is 0 Å². The SMILES string of the molecule is CSCC(C)NC(=O)[C@H]1NCCO[C@@H]1C. The average molecular weight is 232 g/mol. The first-order valence-corrected chi connectivity index (χ1v) is 6.69. The van der Waals surface area contributed by atoms with Gasteiger partial charge in [0.25, 0.3) is 0 Å². The summed E-state index contributed by atoms with van der Waals surface area (Å²) in [5.74, 6) is 0.983. The van der Waals surface area contributed by atoms with Gasteiger partial charge < -0.3 is 15.4 Å². The number of thioether (sulfide) groups is 1. The Morgan fingerprint density at radius 1 is 1.73 bits per heavy atom. The molecule has 5 heteroatoms. The van der Waals surface area contributed by atoms with Crippen molar-refractivity contribution in [3.63, 3.8) is 0 Å². The molecule has 3 atom stereocenters. The minimum Gasteiger partial charge on any atom is -0.375 e. The molecule has 1 amide bonds. The van der Waals surface area contributed by atoms with Crippen molar-refractivity contribution >= 4 is 17.7 Å². The van der Waals surface area contributed by atoms with Crippen LogP contribution >= 0.6 is 11.8 Å². The fourth-order valence-electron chi connectivity index (χ4n) is 1.65. The third kappa shape index (κ3) is 4.01. The normalized spacial score (nSPS) is 28.5.